The number of amides is 1. The number of thioether (sulfide) groups is 1. The standard InChI is InChI=1S/C19H35N5OS/c1-6-8-12-24-18(16(7-2)22(4)5)20-21-19(24)26-14-17(25)23-13-10-9-11-15(23)3/h15-16H,6-14H2,1-5H3. The molecule has 1 fully saturated rings. The molecule has 148 valence electrons. The molecule has 1 aliphatic heterocycles. The van der Waals surface area contributed by atoms with Crippen molar-refractivity contribution < 1.29 is 4.79 Å². The van der Waals surface area contributed by atoms with Gasteiger partial charge in [0.2, 0.25) is 5.91 Å². The van der Waals surface area contributed by atoms with Gasteiger partial charge in [-0.3, -0.25) is 9.69 Å². The molecule has 0 N–H and O–H groups in total. The van der Waals surface area contributed by atoms with E-state index in [2.05, 4.69) is 54.5 Å². The molecule has 6 nitrogen and oxygen atoms in total. The zero-order chi connectivity index (χ0) is 19.1. The van der Waals surface area contributed by atoms with Gasteiger partial charge in [0.05, 0.1) is 11.8 Å². The van der Waals surface area contributed by atoms with Crippen molar-refractivity contribution in [3.05, 3.63) is 5.82 Å². The molecule has 2 rings (SSSR count). The summed E-state index contributed by atoms with van der Waals surface area (Å²) in [6, 6.07) is 0.620. The van der Waals surface area contributed by atoms with Crippen molar-refractivity contribution in [2.75, 3.05) is 26.4 Å². The Labute approximate surface area is 162 Å². The Hall–Kier alpha value is -1.08. The molecule has 1 aromatic rings. The van der Waals surface area contributed by atoms with E-state index in [1.54, 1.807) is 11.8 Å². The highest BCUT2D eigenvalue weighted by atomic mass is 32.2. The van der Waals surface area contributed by atoms with Crippen molar-refractivity contribution in [1.29, 1.82) is 0 Å². The third kappa shape index (κ3) is 5.22. The van der Waals surface area contributed by atoms with Crippen LogP contribution in [0, 0.1) is 0 Å². The minimum absolute atomic E-state index is 0.230. The predicted octanol–water partition coefficient (Wildman–Crippen LogP) is 3.58. The Bertz CT molecular complexity index is 574. The lowest BCUT2D eigenvalue weighted by atomic mass is 10.0. The third-order valence-electron chi connectivity index (χ3n) is 5.24. The molecule has 1 amide bonds. The van der Waals surface area contributed by atoms with Crippen LogP contribution in [0.3, 0.4) is 0 Å². The fourth-order valence-corrected chi connectivity index (χ4v) is 4.49. The second kappa shape index (κ2) is 10.3. The maximum absolute atomic E-state index is 12.7. The van der Waals surface area contributed by atoms with E-state index in [1.165, 1.54) is 6.42 Å². The van der Waals surface area contributed by atoms with Gasteiger partial charge in [0, 0.05) is 19.1 Å². The van der Waals surface area contributed by atoms with Gasteiger partial charge in [-0.15, -0.1) is 10.2 Å². The molecule has 0 bridgehead atoms. The van der Waals surface area contributed by atoms with Crippen molar-refractivity contribution in [1.82, 2.24) is 24.6 Å². The maximum atomic E-state index is 12.7. The lowest BCUT2D eigenvalue weighted by molar-refractivity contribution is -0.131. The van der Waals surface area contributed by atoms with E-state index in [0.717, 1.165) is 56.2 Å². The van der Waals surface area contributed by atoms with E-state index in [0.29, 0.717) is 11.8 Å². The second-order valence-corrected chi connectivity index (χ2v) is 8.40. The molecule has 1 aliphatic rings. The number of carbonyl (C=O) groups excluding carboxylic acids is 1. The molecule has 2 unspecified atom stereocenters. The van der Waals surface area contributed by atoms with Crippen LogP contribution in [0.1, 0.15) is 71.2 Å². The summed E-state index contributed by atoms with van der Waals surface area (Å²) in [4.78, 5) is 16.9. The first kappa shape index (κ1) is 21.2. The van der Waals surface area contributed by atoms with Gasteiger partial charge < -0.3 is 9.47 Å². The highest BCUT2D eigenvalue weighted by molar-refractivity contribution is 7.99. The number of rotatable bonds is 9. The van der Waals surface area contributed by atoms with Gasteiger partial charge in [-0.2, -0.15) is 0 Å². The van der Waals surface area contributed by atoms with Gasteiger partial charge >= 0.3 is 0 Å². The number of nitrogens with zero attached hydrogens (tertiary/aromatic N) is 5. The predicted molar refractivity (Wildman–Crippen MR) is 107 cm³/mol. The number of piperidine rings is 1. The Morgan fingerprint density at radius 1 is 1.31 bits per heavy atom. The summed E-state index contributed by atoms with van der Waals surface area (Å²) in [5.41, 5.74) is 0. The van der Waals surface area contributed by atoms with E-state index >= 15 is 0 Å². The van der Waals surface area contributed by atoms with Crippen LogP contribution in [0.4, 0.5) is 0 Å². The van der Waals surface area contributed by atoms with Crippen LogP contribution in [0.5, 0.6) is 0 Å². The lowest BCUT2D eigenvalue weighted by Gasteiger charge is -2.33. The van der Waals surface area contributed by atoms with Crippen LogP contribution >= 0.6 is 11.8 Å². The molecule has 0 radical (unpaired) electrons. The number of hydrogen-bond donors (Lipinski definition) is 0. The van der Waals surface area contributed by atoms with Crippen LogP contribution in [0.25, 0.3) is 0 Å². The summed E-state index contributed by atoms with van der Waals surface area (Å²) >= 11 is 1.54. The third-order valence-corrected chi connectivity index (χ3v) is 6.19. The fraction of sp³-hybridized carbons (Fsp3) is 0.842. The average Bonchev–Trinajstić information content (AvgIpc) is 3.01. The number of unbranched alkanes of at least 4 members (excludes halogenated alkanes) is 1. The first-order chi connectivity index (χ1) is 12.5. The Morgan fingerprint density at radius 3 is 2.69 bits per heavy atom. The number of hydrogen-bond acceptors (Lipinski definition) is 5. The normalized spacial score (nSPS) is 19.2. The highest BCUT2D eigenvalue weighted by Gasteiger charge is 2.25. The number of carbonyl (C=O) groups is 1. The molecular weight excluding hydrogens is 346 g/mol. The Morgan fingerprint density at radius 2 is 2.08 bits per heavy atom. The maximum Gasteiger partial charge on any atom is 0.233 e. The fourth-order valence-electron chi connectivity index (χ4n) is 3.64. The Kier molecular flexibility index (Phi) is 8.41. The number of likely N-dealkylation sites (tertiary alicyclic amines) is 1. The topological polar surface area (TPSA) is 54.3 Å². The van der Waals surface area contributed by atoms with Crippen LogP contribution in [-0.2, 0) is 11.3 Å². The van der Waals surface area contributed by atoms with Crippen molar-refractivity contribution in [2.24, 2.45) is 0 Å². The molecule has 1 aromatic heterocycles. The van der Waals surface area contributed by atoms with Gasteiger partial charge in [-0.05, 0) is 53.1 Å². The second-order valence-electron chi connectivity index (χ2n) is 7.45. The van der Waals surface area contributed by atoms with Gasteiger partial charge in [0.25, 0.3) is 0 Å². The molecule has 2 atom stereocenters. The van der Waals surface area contributed by atoms with Crippen molar-refractivity contribution in [3.8, 4) is 0 Å². The first-order valence-corrected chi connectivity index (χ1v) is 11.0. The highest BCUT2D eigenvalue weighted by Crippen LogP contribution is 2.26. The first-order valence-electron chi connectivity index (χ1n) is 10.0. The van der Waals surface area contributed by atoms with Crippen LogP contribution < -0.4 is 0 Å². The Balaban J connectivity index is 2.10. The molecule has 7 heteroatoms. The molecule has 2 heterocycles. The quantitative estimate of drug-likeness (QED) is 0.612. The summed E-state index contributed by atoms with van der Waals surface area (Å²) in [6.45, 7) is 8.35. The average molecular weight is 382 g/mol. The molecule has 1 saturated heterocycles. The van der Waals surface area contributed by atoms with Crippen molar-refractivity contribution >= 4 is 17.7 Å². The van der Waals surface area contributed by atoms with E-state index in [4.69, 9.17) is 0 Å². The minimum Gasteiger partial charge on any atom is -0.339 e. The van der Waals surface area contributed by atoms with Crippen LogP contribution in [0.2, 0.25) is 0 Å². The van der Waals surface area contributed by atoms with Gasteiger partial charge in [-0.1, -0.05) is 32.0 Å². The molecule has 0 aromatic carbocycles. The molecular formula is C19H35N5OS. The van der Waals surface area contributed by atoms with Gasteiger partial charge in [-0.25, -0.2) is 0 Å². The SMILES string of the molecule is CCCCn1c(SCC(=O)N2CCCCC2C)nnc1C(CC)N(C)C. The molecule has 0 saturated carbocycles. The zero-order valence-electron chi connectivity index (χ0n) is 17.1. The smallest absolute Gasteiger partial charge is 0.233 e. The molecule has 0 aliphatic carbocycles. The number of aromatic nitrogens is 3. The van der Waals surface area contributed by atoms with E-state index in [1.807, 2.05) is 4.90 Å². The minimum atomic E-state index is 0.230. The largest absolute Gasteiger partial charge is 0.339 e. The summed E-state index contributed by atoms with van der Waals surface area (Å²) < 4.78 is 2.23. The molecule has 0 spiro atoms. The van der Waals surface area contributed by atoms with Crippen molar-refractivity contribution in [3.63, 3.8) is 0 Å². The van der Waals surface area contributed by atoms with Crippen LogP contribution in [-0.4, -0.2) is 62.9 Å². The molecule has 26 heavy (non-hydrogen) atoms. The van der Waals surface area contributed by atoms with Crippen LogP contribution in [0.15, 0.2) is 5.16 Å². The summed E-state index contributed by atoms with van der Waals surface area (Å²) in [5, 5.41) is 9.81. The summed E-state index contributed by atoms with van der Waals surface area (Å²) in [7, 11) is 4.17. The van der Waals surface area contributed by atoms with Gasteiger partial charge in [0.1, 0.15) is 0 Å². The van der Waals surface area contributed by atoms with E-state index < -0.39 is 0 Å². The van der Waals surface area contributed by atoms with E-state index in [9.17, 15) is 4.79 Å². The summed E-state index contributed by atoms with van der Waals surface area (Å²) in [6.07, 6.45) is 6.69. The monoisotopic (exact) mass is 381 g/mol. The van der Waals surface area contributed by atoms with Gasteiger partial charge in [0.15, 0.2) is 11.0 Å². The van der Waals surface area contributed by atoms with E-state index in [-0.39, 0.29) is 11.9 Å². The zero-order valence-corrected chi connectivity index (χ0v) is 17.9. The lowest BCUT2D eigenvalue weighted by Crippen LogP contribution is -2.43. The van der Waals surface area contributed by atoms with Crippen molar-refractivity contribution in [2.45, 2.75) is 83.1 Å². The summed E-state index contributed by atoms with van der Waals surface area (Å²) in [5.74, 6) is 1.70.